The van der Waals surface area contributed by atoms with Gasteiger partial charge in [-0.2, -0.15) is 0 Å². The van der Waals surface area contributed by atoms with Gasteiger partial charge in [0.2, 0.25) is 0 Å². The van der Waals surface area contributed by atoms with Gasteiger partial charge in [0, 0.05) is 27.8 Å². The zero-order valence-electron chi connectivity index (χ0n) is 14.8. The summed E-state index contributed by atoms with van der Waals surface area (Å²) in [6, 6.07) is 10.6. The van der Waals surface area contributed by atoms with Crippen molar-refractivity contribution in [3.05, 3.63) is 57.6 Å². The van der Waals surface area contributed by atoms with Crippen LogP contribution in [0.1, 0.15) is 17.5 Å². The molecule has 2 aromatic carbocycles. The molecule has 142 valence electrons. The van der Waals surface area contributed by atoms with Gasteiger partial charge in [0.25, 0.3) is 5.91 Å². The number of carbonyl (C=O) groups excluding carboxylic acids is 2. The predicted molar refractivity (Wildman–Crippen MR) is 105 cm³/mol. The second kappa shape index (κ2) is 8.63. The lowest BCUT2D eigenvalue weighted by atomic mass is 10.0. The average Bonchev–Trinajstić information content (AvgIpc) is 2.68. The summed E-state index contributed by atoms with van der Waals surface area (Å²) in [4.78, 5) is 26.3. The Bertz CT molecular complexity index is 849. The van der Waals surface area contributed by atoms with E-state index in [2.05, 4.69) is 0 Å². The fourth-order valence-electron chi connectivity index (χ4n) is 3.08. The second-order valence-corrected chi connectivity index (χ2v) is 7.00. The standard InChI is InChI=1S/C20H19Cl2NO4/c1-26-14-7-8-18-13(10-14)4-3-9-23(18)19(24)12-27-20(25)11-15-16(21)5-2-6-17(15)22/h2,5-8,10H,3-4,9,11-12H2,1H3. The van der Waals surface area contributed by atoms with Gasteiger partial charge in [-0.3, -0.25) is 9.59 Å². The molecular weight excluding hydrogens is 389 g/mol. The first-order valence-electron chi connectivity index (χ1n) is 8.55. The summed E-state index contributed by atoms with van der Waals surface area (Å²) in [5.41, 5.74) is 2.37. The van der Waals surface area contributed by atoms with Crippen molar-refractivity contribution in [3.8, 4) is 5.75 Å². The van der Waals surface area contributed by atoms with Crippen LogP contribution in [-0.2, 0) is 27.2 Å². The number of carbonyl (C=O) groups is 2. The van der Waals surface area contributed by atoms with Crippen molar-refractivity contribution in [1.29, 1.82) is 0 Å². The van der Waals surface area contributed by atoms with E-state index >= 15 is 0 Å². The molecule has 0 spiro atoms. The summed E-state index contributed by atoms with van der Waals surface area (Å²) in [6.45, 7) is 0.262. The molecule has 27 heavy (non-hydrogen) atoms. The number of nitrogens with zero attached hydrogens (tertiary/aromatic N) is 1. The van der Waals surface area contributed by atoms with Crippen LogP contribution in [0, 0.1) is 0 Å². The van der Waals surface area contributed by atoms with Crippen LogP contribution in [0.15, 0.2) is 36.4 Å². The van der Waals surface area contributed by atoms with E-state index in [1.165, 1.54) is 0 Å². The molecule has 0 radical (unpaired) electrons. The van der Waals surface area contributed by atoms with Gasteiger partial charge < -0.3 is 14.4 Å². The number of rotatable bonds is 5. The number of hydrogen-bond acceptors (Lipinski definition) is 4. The van der Waals surface area contributed by atoms with E-state index in [0.717, 1.165) is 29.8 Å². The Morgan fingerprint density at radius 1 is 1.15 bits per heavy atom. The highest BCUT2D eigenvalue weighted by molar-refractivity contribution is 6.36. The van der Waals surface area contributed by atoms with E-state index in [-0.39, 0.29) is 18.9 Å². The maximum absolute atomic E-state index is 12.6. The number of hydrogen-bond donors (Lipinski definition) is 0. The normalized spacial score (nSPS) is 13.1. The number of fused-ring (bicyclic) bond motifs is 1. The molecule has 7 heteroatoms. The fraction of sp³-hybridized carbons (Fsp3) is 0.300. The predicted octanol–water partition coefficient (Wildman–Crippen LogP) is 4.07. The van der Waals surface area contributed by atoms with Gasteiger partial charge in [-0.05, 0) is 48.7 Å². The highest BCUT2D eigenvalue weighted by atomic mass is 35.5. The van der Waals surface area contributed by atoms with Gasteiger partial charge >= 0.3 is 5.97 Å². The smallest absolute Gasteiger partial charge is 0.310 e. The first-order chi connectivity index (χ1) is 13.0. The Balaban J connectivity index is 1.62. The Morgan fingerprint density at radius 2 is 1.89 bits per heavy atom. The molecule has 0 bridgehead atoms. The summed E-state index contributed by atoms with van der Waals surface area (Å²) in [7, 11) is 1.61. The molecule has 0 fully saturated rings. The van der Waals surface area contributed by atoms with E-state index in [4.69, 9.17) is 32.7 Å². The zero-order chi connectivity index (χ0) is 19.4. The number of esters is 1. The third-order valence-corrected chi connectivity index (χ3v) is 5.15. The molecule has 5 nitrogen and oxygen atoms in total. The van der Waals surface area contributed by atoms with Gasteiger partial charge in [-0.15, -0.1) is 0 Å². The van der Waals surface area contributed by atoms with Gasteiger partial charge in [-0.25, -0.2) is 0 Å². The van der Waals surface area contributed by atoms with Crippen molar-refractivity contribution in [3.63, 3.8) is 0 Å². The Kier molecular flexibility index (Phi) is 6.24. The quantitative estimate of drug-likeness (QED) is 0.700. The topological polar surface area (TPSA) is 55.8 Å². The van der Waals surface area contributed by atoms with Gasteiger partial charge in [0.05, 0.1) is 13.5 Å². The largest absolute Gasteiger partial charge is 0.497 e. The third-order valence-electron chi connectivity index (χ3n) is 4.45. The molecule has 2 aromatic rings. The summed E-state index contributed by atoms with van der Waals surface area (Å²) in [6.07, 6.45) is 1.63. The first kappa shape index (κ1) is 19.5. The summed E-state index contributed by atoms with van der Waals surface area (Å²) < 4.78 is 10.4. The third kappa shape index (κ3) is 4.54. The van der Waals surface area contributed by atoms with Crippen LogP contribution in [0.25, 0.3) is 0 Å². The van der Waals surface area contributed by atoms with Gasteiger partial charge in [0.1, 0.15) is 5.75 Å². The minimum absolute atomic E-state index is 0.0838. The highest BCUT2D eigenvalue weighted by Crippen LogP contribution is 2.30. The minimum atomic E-state index is -0.551. The van der Waals surface area contributed by atoms with Crippen molar-refractivity contribution in [2.24, 2.45) is 0 Å². The monoisotopic (exact) mass is 407 g/mol. The number of methoxy groups -OCH3 is 1. The highest BCUT2D eigenvalue weighted by Gasteiger charge is 2.24. The van der Waals surface area contributed by atoms with Crippen LogP contribution >= 0.6 is 23.2 Å². The Morgan fingerprint density at radius 3 is 2.59 bits per heavy atom. The average molecular weight is 408 g/mol. The Hall–Kier alpha value is -2.24. The second-order valence-electron chi connectivity index (χ2n) is 6.18. The van der Waals surface area contributed by atoms with Crippen molar-refractivity contribution < 1.29 is 19.1 Å². The van der Waals surface area contributed by atoms with E-state index in [1.54, 1.807) is 30.2 Å². The van der Waals surface area contributed by atoms with Crippen LogP contribution in [0.5, 0.6) is 5.75 Å². The molecule has 0 aromatic heterocycles. The van der Waals surface area contributed by atoms with E-state index in [1.807, 2.05) is 18.2 Å². The molecule has 0 aliphatic carbocycles. The van der Waals surface area contributed by atoms with Crippen LogP contribution in [0.2, 0.25) is 10.0 Å². The molecule has 1 amide bonds. The number of aryl methyl sites for hydroxylation is 1. The number of anilines is 1. The maximum atomic E-state index is 12.6. The molecule has 0 N–H and O–H groups in total. The molecule has 0 saturated carbocycles. The lowest BCUT2D eigenvalue weighted by molar-refractivity contribution is -0.147. The lowest BCUT2D eigenvalue weighted by Gasteiger charge is -2.29. The van der Waals surface area contributed by atoms with Crippen LogP contribution in [-0.4, -0.2) is 32.1 Å². The summed E-state index contributed by atoms with van der Waals surface area (Å²) in [5, 5.41) is 0.786. The van der Waals surface area contributed by atoms with Crippen molar-refractivity contribution >= 4 is 40.8 Å². The molecule has 0 unspecified atom stereocenters. The van der Waals surface area contributed by atoms with Crippen molar-refractivity contribution in [2.45, 2.75) is 19.3 Å². The first-order valence-corrected chi connectivity index (χ1v) is 9.31. The number of amides is 1. The lowest BCUT2D eigenvalue weighted by Crippen LogP contribution is -2.38. The van der Waals surface area contributed by atoms with E-state index < -0.39 is 5.97 Å². The Labute approximate surface area is 167 Å². The maximum Gasteiger partial charge on any atom is 0.310 e. The number of ether oxygens (including phenoxy) is 2. The SMILES string of the molecule is COc1ccc2c(c1)CCCN2C(=O)COC(=O)Cc1c(Cl)cccc1Cl. The summed E-state index contributed by atoms with van der Waals surface area (Å²) in [5.74, 6) is -0.0591. The molecule has 0 saturated heterocycles. The van der Waals surface area contributed by atoms with Crippen LogP contribution < -0.4 is 9.64 Å². The van der Waals surface area contributed by atoms with Crippen molar-refractivity contribution in [1.82, 2.24) is 0 Å². The zero-order valence-corrected chi connectivity index (χ0v) is 16.3. The molecule has 1 aliphatic rings. The number of halogens is 2. The van der Waals surface area contributed by atoms with Crippen molar-refractivity contribution in [2.75, 3.05) is 25.2 Å². The van der Waals surface area contributed by atoms with Gasteiger partial charge in [-0.1, -0.05) is 29.3 Å². The molecule has 1 heterocycles. The molecule has 3 rings (SSSR count). The summed E-state index contributed by atoms with van der Waals surface area (Å²) >= 11 is 12.1. The molecule has 0 atom stereocenters. The van der Waals surface area contributed by atoms with E-state index in [0.29, 0.717) is 22.2 Å². The minimum Gasteiger partial charge on any atom is -0.497 e. The molecule has 1 aliphatic heterocycles. The van der Waals surface area contributed by atoms with Gasteiger partial charge in [0.15, 0.2) is 6.61 Å². The van der Waals surface area contributed by atoms with Crippen LogP contribution in [0.3, 0.4) is 0 Å². The number of benzene rings is 2. The fourth-order valence-corrected chi connectivity index (χ4v) is 3.61. The van der Waals surface area contributed by atoms with E-state index in [9.17, 15) is 9.59 Å². The van der Waals surface area contributed by atoms with Crippen LogP contribution in [0.4, 0.5) is 5.69 Å². The molecular formula is C20H19Cl2NO4.